The fourth-order valence-electron chi connectivity index (χ4n) is 1.87. The van der Waals surface area contributed by atoms with Crippen LogP contribution in [-0.2, 0) is 13.5 Å². The van der Waals surface area contributed by atoms with Gasteiger partial charge < -0.3 is 10.2 Å². The Labute approximate surface area is 104 Å². The van der Waals surface area contributed by atoms with Crippen molar-refractivity contribution in [3.8, 4) is 17.0 Å². The number of rotatable bonds is 3. The average Bonchev–Trinajstić information content (AvgIpc) is 2.70. The minimum atomic E-state index is -1.06. The lowest BCUT2D eigenvalue weighted by atomic mass is 10.1. The summed E-state index contributed by atoms with van der Waals surface area (Å²) in [5.41, 5.74) is 2.41. The third kappa shape index (κ3) is 2.20. The number of hydrogen-bond donors (Lipinski definition) is 2. The molecule has 0 saturated heterocycles. The van der Waals surface area contributed by atoms with E-state index in [4.69, 9.17) is 5.11 Å². The van der Waals surface area contributed by atoms with Crippen LogP contribution in [0.1, 0.15) is 23.0 Å². The zero-order valence-corrected chi connectivity index (χ0v) is 10.2. The van der Waals surface area contributed by atoms with Crippen LogP contribution in [0.5, 0.6) is 5.75 Å². The summed E-state index contributed by atoms with van der Waals surface area (Å²) in [7, 11) is 1.68. The standard InChI is InChI=1S/C13H14N2O3/c1-3-8-4-9(6-10(16)5-8)12-7-11(13(17)18)14-15(12)2/h4-7,16H,3H2,1-2H3,(H,17,18). The third-order valence-corrected chi connectivity index (χ3v) is 2.78. The molecule has 0 aliphatic heterocycles. The van der Waals surface area contributed by atoms with Crippen LogP contribution in [0.2, 0.25) is 0 Å². The first-order chi connectivity index (χ1) is 8.51. The Balaban J connectivity index is 2.54. The Morgan fingerprint density at radius 3 is 2.61 bits per heavy atom. The number of carbonyl (C=O) groups is 1. The van der Waals surface area contributed by atoms with Crippen LogP contribution in [-0.4, -0.2) is 26.0 Å². The van der Waals surface area contributed by atoms with Gasteiger partial charge in [-0.05, 0) is 36.2 Å². The molecule has 0 unspecified atom stereocenters. The number of phenolic OH excluding ortho intramolecular Hbond substituents is 1. The number of aryl methyl sites for hydroxylation is 2. The first-order valence-electron chi connectivity index (χ1n) is 5.62. The Hall–Kier alpha value is -2.30. The van der Waals surface area contributed by atoms with E-state index in [0.717, 1.165) is 17.5 Å². The van der Waals surface area contributed by atoms with Gasteiger partial charge in [0.1, 0.15) is 5.75 Å². The molecule has 0 radical (unpaired) electrons. The van der Waals surface area contributed by atoms with Crippen LogP contribution in [0.15, 0.2) is 24.3 Å². The second-order valence-corrected chi connectivity index (χ2v) is 4.09. The largest absolute Gasteiger partial charge is 0.508 e. The maximum Gasteiger partial charge on any atom is 0.356 e. The summed E-state index contributed by atoms with van der Waals surface area (Å²) in [5, 5.41) is 22.5. The predicted molar refractivity (Wildman–Crippen MR) is 66.6 cm³/mol. The molecule has 0 aliphatic carbocycles. The van der Waals surface area contributed by atoms with Crippen LogP contribution in [0.3, 0.4) is 0 Å². The molecule has 2 aromatic rings. The maximum atomic E-state index is 10.9. The van der Waals surface area contributed by atoms with Gasteiger partial charge in [-0.25, -0.2) is 4.79 Å². The highest BCUT2D eigenvalue weighted by Gasteiger charge is 2.13. The van der Waals surface area contributed by atoms with Crippen LogP contribution in [0.25, 0.3) is 11.3 Å². The lowest BCUT2D eigenvalue weighted by Gasteiger charge is -2.05. The Kier molecular flexibility index (Phi) is 3.06. The van der Waals surface area contributed by atoms with E-state index in [2.05, 4.69) is 5.10 Å². The van der Waals surface area contributed by atoms with Gasteiger partial charge in [0.25, 0.3) is 0 Å². The fourth-order valence-corrected chi connectivity index (χ4v) is 1.87. The molecule has 2 N–H and O–H groups in total. The van der Waals surface area contributed by atoms with Gasteiger partial charge >= 0.3 is 5.97 Å². The van der Waals surface area contributed by atoms with Gasteiger partial charge in [-0.3, -0.25) is 4.68 Å². The lowest BCUT2D eigenvalue weighted by molar-refractivity contribution is 0.0689. The molecule has 0 saturated carbocycles. The van der Waals surface area contributed by atoms with E-state index in [1.807, 2.05) is 13.0 Å². The van der Waals surface area contributed by atoms with Crippen molar-refractivity contribution in [3.63, 3.8) is 0 Å². The molecule has 1 heterocycles. The van der Waals surface area contributed by atoms with E-state index >= 15 is 0 Å². The van der Waals surface area contributed by atoms with Crippen molar-refractivity contribution < 1.29 is 15.0 Å². The number of aromatic hydroxyl groups is 1. The van der Waals surface area contributed by atoms with Gasteiger partial charge in [-0.2, -0.15) is 5.10 Å². The third-order valence-electron chi connectivity index (χ3n) is 2.78. The zero-order chi connectivity index (χ0) is 13.3. The Bertz CT molecular complexity index is 602. The summed E-state index contributed by atoms with van der Waals surface area (Å²) >= 11 is 0. The zero-order valence-electron chi connectivity index (χ0n) is 10.2. The SMILES string of the molecule is CCc1cc(O)cc(-c2cc(C(=O)O)nn2C)c1. The maximum absolute atomic E-state index is 10.9. The molecule has 0 atom stereocenters. The van der Waals surface area contributed by atoms with E-state index in [0.29, 0.717) is 5.69 Å². The molecule has 0 amide bonds. The second-order valence-electron chi connectivity index (χ2n) is 4.09. The number of carboxylic acid groups (broad SMARTS) is 1. The molecule has 5 heteroatoms. The quantitative estimate of drug-likeness (QED) is 0.869. The summed E-state index contributed by atoms with van der Waals surface area (Å²) < 4.78 is 1.50. The topological polar surface area (TPSA) is 75.3 Å². The van der Waals surface area contributed by atoms with Gasteiger partial charge in [-0.1, -0.05) is 6.92 Å². The molecule has 0 aliphatic rings. The molecule has 1 aromatic heterocycles. The highest BCUT2D eigenvalue weighted by atomic mass is 16.4. The molecule has 18 heavy (non-hydrogen) atoms. The van der Waals surface area contributed by atoms with E-state index in [9.17, 15) is 9.90 Å². The number of hydrogen-bond acceptors (Lipinski definition) is 3. The molecule has 0 bridgehead atoms. The summed E-state index contributed by atoms with van der Waals surface area (Å²) in [6.45, 7) is 1.99. The van der Waals surface area contributed by atoms with Gasteiger partial charge in [0.15, 0.2) is 5.69 Å². The van der Waals surface area contributed by atoms with E-state index in [1.54, 1.807) is 19.2 Å². The molecule has 94 valence electrons. The van der Waals surface area contributed by atoms with Gasteiger partial charge in [0, 0.05) is 12.6 Å². The number of aromatic carboxylic acids is 1. The van der Waals surface area contributed by atoms with Crippen LogP contribution >= 0.6 is 0 Å². The molecular weight excluding hydrogens is 232 g/mol. The first-order valence-corrected chi connectivity index (χ1v) is 5.62. The van der Waals surface area contributed by atoms with E-state index in [1.165, 1.54) is 10.7 Å². The smallest absolute Gasteiger partial charge is 0.356 e. The predicted octanol–water partition coefficient (Wildman–Crippen LogP) is 2.05. The van der Waals surface area contributed by atoms with Crippen molar-refractivity contribution in [2.24, 2.45) is 7.05 Å². The number of carboxylic acids is 1. The molecular formula is C13H14N2O3. The number of nitrogens with zero attached hydrogens (tertiary/aromatic N) is 2. The van der Waals surface area contributed by atoms with Crippen molar-refractivity contribution >= 4 is 5.97 Å². The monoisotopic (exact) mass is 246 g/mol. The van der Waals surface area contributed by atoms with Crippen LogP contribution in [0.4, 0.5) is 0 Å². The number of phenols is 1. The summed E-state index contributed by atoms with van der Waals surface area (Å²) in [5.74, 6) is -0.893. The minimum absolute atomic E-state index is 0.00566. The summed E-state index contributed by atoms with van der Waals surface area (Å²) in [6, 6.07) is 6.71. The van der Waals surface area contributed by atoms with Crippen molar-refractivity contribution in [2.75, 3.05) is 0 Å². The first kappa shape index (κ1) is 12.2. The van der Waals surface area contributed by atoms with Crippen molar-refractivity contribution in [1.82, 2.24) is 9.78 Å². The molecule has 0 fully saturated rings. The van der Waals surface area contributed by atoms with Crippen LogP contribution in [0, 0.1) is 0 Å². The molecule has 0 spiro atoms. The summed E-state index contributed by atoms with van der Waals surface area (Å²) in [4.78, 5) is 10.9. The van der Waals surface area contributed by atoms with Crippen molar-refractivity contribution in [2.45, 2.75) is 13.3 Å². The molecule has 1 aromatic carbocycles. The fraction of sp³-hybridized carbons (Fsp3) is 0.231. The van der Waals surface area contributed by atoms with Gasteiger partial charge in [0.05, 0.1) is 5.69 Å². The molecule has 5 nitrogen and oxygen atoms in total. The van der Waals surface area contributed by atoms with E-state index in [-0.39, 0.29) is 11.4 Å². The van der Waals surface area contributed by atoms with E-state index < -0.39 is 5.97 Å². The highest BCUT2D eigenvalue weighted by Crippen LogP contribution is 2.26. The normalized spacial score (nSPS) is 10.6. The number of aromatic nitrogens is 2. The molecule has 2 rings (SSSR count). The Morgan fingerprint density at radius 2 is 2.06 bits per heavy atom. The average molecular weight is 246 g/mol. The van der Waals surface area contributed by atoms with Gasteiger partial charge in [0.2, 0.25) is 0 Å². The second kappa shape index (κ2) is 4.52. The van der Waals surface area contributed by atoms with Gasteiger partial charge in [-0.15, -0.1) is 0 Å². The van der Waals surface area contributed by atoms with Crippen LogP contribution < -0.4 is 0 Å². The lowest BCUT2D eigenvalue weighted by Crippen LogP contribution is -1.99. The number of benzene rings is 1. The summed E-state index contributed by atoms with van der Waals surface area (Å²) in [6.07, 6.45) is 0.797. The van der Waals surface area contributed by atoms with Crippen molar-refractivity contribution in [1.29, 1.82) is 0 Å². The minimum Gasteiger partial charge on any atom is -0.508 e. The Morgan fingerprint density at radius 1 is 1.33 bits per heavy atom. The van der Waals surface area contributed by atoms with Crippen molar-refractivity contribution in [3.05, 3.63) is 35.5 Å². The highest BCUT2D eigenvalue weighted by molar-refractivity contribution is 5.87.